The molecule has 0 bridgehead atoms. The Morgan fingerprint density at radius 3 is 2.70 bits per heavy atom. The number of carbonyl (C=O) groups is 2. The molecule has 0 aromatic heterocycles. The SMILES string of the molecule is CCOC(=O)[C@H]1CCCCN1S(=O)(=O)c1ccc2c(c1)C(=C(C)C)C(=O)N2. The largest absolute Gasteiger partial charge is 0.465 e. The third-order valence-corrected chi connectivity index (χ3v) is 6.76. The Hall–Kier alpha value is -2.19. The number of anilines is 1. The summed E-state index contributed by atoms with van der Waals surface area (Å²) in [6, 6.07) is 3.78. The smallest absolute Gasteiger partial charge is 0.324 e. The molecule has 0 spiro atoms. The van der Waals surface area contributed by atoms with Gasteiger partial charge in [0.1, 0.15) is 6.04 Å². The maximum absolute atomic E-state index is 13.3. The normalized spacial score (nSPS) is 20.2. The highest BCUT2D eigenvalue weighted by Crippen LogP contribution is 2.36. The van der Waals surface area contributed by atoms with Gasteiger partial charge < -0.3 is 10.1 Å². The van der Waals surface area contributed by atoms with Gasteiger partial charge in [0.2, 0.25) is 10.0 Å². The number of fused-ring (bicyclic) bond motifs is 1. The van der Waals surface area contributed by atoms with Gasteiger partial charge in [-0.1, -0.05) is 5.57 Å². The number of sulfonamides is 1. The first-order valence-electron chi connectivity index (χ1n) is 9.09. The number of hydrogen-bond acceptors (Lipinski definition) is 5. The molecule has 1 N–H and O–H groups in total. The molecule has 0 unspecified atom stereocenters. The molecule has 8 heteroatoms. The number of benzene rings is 1. The number of esters is 1. The van der Waals surface area contributed by atoms with Crippen molar-refractivity contribution in [2.45, 2.75) is 51.0 Å². The highest BCUT2D eigenvalue weighted by molar-refractivity contribution is 7.89. The molecule has 146 valence electrons. The minimum Gasteiger partial charge on any atom is -0.465 e. The van der Waals surface area contributed by atoms with Crippen LogP contribution in [-0.2, 0) is 24.3 Å². The van der Waals surface area contributed by atoms with Gasteiger partial charge in [0, 0.05) is 23.4 Å². The molecule has 1 aromatic rings. The highest BCUT2D eigenvalue weighted by atomic mass is 32.2. The number of nitrogens with one attached hydrogen (secondary N) is 1. The van der Waals surface area contributed by atoms with Gasteiger partial charge in [0.15, 0.2) is 0 Å². The lowest BCUT2D eigenvalue weighted by atomic mass is 10.0. The molecule has 1 fully saturated rings. The number of nitrogens with zero attached hydrogens (tertiary/aromatic N) is 1. The number of piperidine rings is 1. The first-order chi connectivity index (χ1) is 12.8. The predicted octanol–water partition coefficient (Wildman–Crippen LogP) is 2.54. The zero-order chi connectivity index (χ0) is 19.8. The maximum atomic E-state index is 13.3. The van der Waals surface area contributed by atoms with E-state index in [0.29, 0.717) is 29.7 Å². The van der Waals surface area contributed by atoms with Crippen LogP contribution in [0.25, 0.3) is 5.57 Å². The molecular formula is C19H24N2O5S. The zero-order valence-electron chi connectivity index (χ0n) is 15.7. The first-order valence-corrected chi connectivity index (χ1v) is 10.5. The molecule has 2 heterocycles. The third-order valence-electron chi connectivity index (χ3n) is 4.85. The van der Waals surface area contributed by atoms with E-state index in [1.54, 1.807) is 13.0 Å². The quantitative estimate of drug-likeness (QED) is 0.628. The lowest BCUT2D eigenvalue weighted by Crippen LogP contribution is -2.48. The number of carbonyl (C=O) groups excluding carboxylic acids is 2. The fraction of sp³-hybridized carbons (Fsp3) is 0.474. The van der Waals surface area contributed by atoms with Crippen molar-refractivity contribution in [2.24, 2.45) is 0 Å². The summed E-state index contributed by atoms with van der Waals surface area (Å²) in [6.45, 7) is 5.81. The monoisotopic (exact) mass is 392 g/mol. The molecule has 3 rings (SSSR count). The minimum atomic E-state index is -3.89. The molecule has 0 radical (unpaired) electrons. The van der Waals surface area contributed by atoms with E-state index in [4.69, 9.17) is 4.74 Å². The molecule has 1 saturated heterocycles. The number of ether oxygens (including phenoxy) is 1. The minimum absolute atomic E-state index is 0.0766. The molecule has 0 saturated carbocycles. The molecule has 1 atom stereocenters. The second-order valence-corrected chi connectivity index (χ2v) is 8.81. The summed E-state index contributed by atoms with van der Waals surface area (Å²) in [4.78, 5) is 24.5. The van der Waals surface area contributed by atoms with Crippen LogP contribution in [0.15, 0.2) is 28.7 Å². The van der Waals surface area contributed by atoms with E-state index in [2.05, 4.69) is 5.32 Å². The van der Waals surface area contributed by atoms with Gasteiger partial charge in [-0.15, -0.1) is 0 Å². The summed E-state index contributed by atoms with van der Waals surface area (Å²) >= 11 is 0. The van der Waals surface area contributed by atoms with E-state index in [-0.39, 0.29) is 24.0 Å². The fourth-order valence-corrected chi connectivity index (χ4v) is 5.28. The van der Waals surface area contributed by atoms with Crippen LogP contribution in [0.3, 0.4) is 0 Å². The Kier molecular flexibility index (Phi) is 5.39. The van der Waals surface area contributed by atoms with Gasteiger partial charge in [-0.2, -0.15) is 4.31 Å². The zero-order valence-corrected chi connectivity index (χ0v) is 16.6. The van der Waals surface area contributed by atoms with E-state index in [0.717, 1.165) is 12.0 Å². The summed E-state index contributed by atoms with van der Waals surface area (Å²) in [5.41, 5.74) is 2.47. The van der Waals surface area contributed by atoms with Crippen molar-refractivity contribution in [3.8, 4) is 0 Å². The summed E-state index contributed by atoms with van der Waals surface area (Å²) in [5.74, 6) is -0.745. The second-order valence-electron chi connectivity index (χ2n) is 6.92. The number of hydrogen-bond donors (Lipinski definition) is 1. The highest BCUT2D eigenvalue weighted by Gasteiger charge is 2.39. The van der Waals surface area contributed by atoms with Gasteiger partial charge in [-0.25, -0.2) is 8.42 Å². The van der Waals surface area contributed by atoms with E-state index < -0.39 is 22.0 Å². The molecular weight excluding hydrogens is 368 g/mol. The Labute approximate surface area is 159 Å². The topological polar surface area (TPSA) is 92.8 Å². The predicted molar refractivity (Wildman–Crippen MR) is 102 cm³/mol. The third kappa shape index (κ3) is 3.51. The standard InChI is InChI=1S/C19H24N2O5S/c1-4-26-19(23)16-7-5-6-10-21(16)27(24,25)13-8-9-15-14(11-13)17(12(2)3)18(22)20-15/h8-9,11,16H,4-7,10H2,1-3H3,(H,20,22)/t16-/m1/s1. The average Bonchev–Trinajstić information content (AvgIpc) is 2.96. The van der Waals surface area contributed by atoms with Gasteiger partial charge in [-0.05, 0) is 58.2 Å². The van der Waals surface area contributed by atoms with Crippen molar-refractivity contribution in [2.75, 3.05) is 18.5 Å². The van der Waals surface area contributed by atoms with Crippen LogP contribution in [0, 0.1) is 0 Å². The molecule has 27 heavy (non-hydrogen) atoms. The van der Waals surface area contributed by atoms with Crippen molar-refractivity contribution in [3.63, 3.8) is 0 Å². The van der Waals surface area contributed by atoms with Crippen LogP contribution in [0.2, 0.25) is 0 Å². The first kappa shape index (κ1) is 19.6. The Balaban J connectivity index is 2.02. The Morgan fingerprint density at radius 2 is 2.04 bits per heavy atom. The average molecular weight is 392 g/mol. The number of allylic oxidation sites excluding steroid dienone is 1. The van der Waals surface area contributed by atoms with Crippen LogP contribution < -0.4 is 5.32 Å². The molecule has 1 aromatic carbocycles. The van der Waals surface area contributed by atoms with Crippen molar-refractivity contribution in [3.05, 3.63) is 29.3 Å². The summed E-state index contributed by atoms with van der Waals surface area (Å²) < 4.78 is 32.8. The van der Waals surface area contributed by atoms with Gasteiger partial charge in [0.05, 0.1) is 11.5 Å². The molecule has 2 aliphatic rings. The number of amides is 1. The second kappa shape index (κ2) is 7.44. The maximum Gasteiger partial charge on any atom is 0.324 e. The van der Waals surface area contributed by atoms with E-state index >= 15 is 0 Å². The molecule has 7 nitrogen and oxygen atoms in total. The summed E-state index contributed by atoms with van der Waals surface area (Å²) in [6.07, 6.45) is 1.92. The number of rotatable bonds is 4. The van der Waals surface area contributed by atoms with E-state index in [1.165, 1.54) is 16.4 Å². The van der Waals surface area contributed by atoms with E-state index in [9.17, 15) is 18.0 Å². The fourth-order valence-electron chi connectivity index (χ4n) is 3.61. The molecule has 2 aliphatic heterocycles. The van der Waals surface area contributed by atoms with Crippen molar-refractivity contribution >= 4 is 33.2 Å². The van der Waals surface area contributed by atoms with E-state index in [1.807, 2.05) is 13.8 Å². The van der Waals surface area contributed by atoms with Gasteiger partial charge >= 0.3 is 5.97 Å². The Bertz CT molecular complexity index is 916. The van der Waals surface area contributed by atoms with Gasteiger partial charge in [-0.3, -0.25) is 9.59 Å². The van der Waals surface area contributed by atoms with Crippen LogP contribution >= 0.6 is 0 Å². The van der Waals surface area contributed by atoms with Crippen LogP contribution in [0.4, 0.5) is 5.69 Å². The van der Waals surface area contributed by atoms with Crippen LogP contribution in [-0.4, -0.2) is 43.8 Å². The van der Waals surface area contributed by atoms with Crippen molar-refractivity contribution < 1.29 is 22.7 Å². The van der Waals surface area contributed by atoms with Crippen molar-refractivity contribution in [1.82, 2.24) is 4.31 Å². The molecule has 1 amide bonds. The summed E-state index contributed by atoms with van der Waals surface area (Å²) in [5, 5.41) is 2.75. The Morgan fingerprint density at radius 1 is 1.30 bits per heavy atom. The van der Waals surface area contributed by atoms with Gasteiger partial charge in [0.25, 0.3) is 5.91 Å². The molecule has 0 aliphatic carbocycles. The summed E-state index contributed by atoms with van der Waals surface area (Å²) in [7, 11) is -3.89. The van der Waals surface area contributed by atoms with Crippen LogP contribution in [0.5, 0.6) is 0 Å². The lowest BCUT2D eigenvalue weighted by molar-refractivity contribution is -0.148. The van der Waals surface area contributed by atoms with Crippen molar-refractivity contribution in [1.29, 1.82) is 0 Å². The van der Waals surface area contributed by atoms with Crippen LogP contribution in [0.1, 0.15) is 45.6 Å². The lowest BCUT2D eigenvalue weighted by Gasteiger charge is -2.33.